The minimum absolute atomic E-state index is 0.0520. The van der Waals surface area contributed by atoms with Gasteiger partial charge in [-0.1, -0.05) is 79.2 Å². The number of hydrogen-bond donors (Lipinski definition) is 1. The molecule has 2 aromatic carbocycles. The van der Waals surface area contributed by atoms with E-state index < -0.39 is 11.2 Å². The topological polar surface area (TPSA) is 107 Å². The number of nitrogens with one attached hydrogen (secondary N) is 1. The van der Waals surface area contributed by atoms with Gasteiger partial charge >= 0.3 is 11.6 Å². The summed E-state index contributed by atoms with van der Waals surface area (Å²) in [5, 5.41) is 4.60. The van der Waals surface area contributed by atoms with Gasteiger partial charge in [-0.2, -0.15) is 4.98 Å². The Labute approximate surface area is 207 Å². The number of unbranched alkanes of at least 4 members (excludes halogenated alkanes) is 1. The maximum Gasteiger partial charge on any atom is 0.337 e. The molecule has 0 aliphatic carbocycles. The van der Waals surface area contributed by atoms with Gasteiger partial charge in [0.1, 0.15) is 5.39 Å². The van der Waals surface area contributed by atoms with Crippen LogP contribution in [0.1, 0.15) is 61.5 Å². The lowest BCUT2D eigenvalue weighted by atomic mass is 9.93. The van der Waals surface area contributed by atoms with Crippen LogP contribution in [-0.4, -0.2) is 15.7 Å². The molecule has 0 bridgehead atoms. The van der Waals surface area contributed by atoms with Crippen LogP contribution in [0.4, 0.5) is 0 Å². The highest BCUT2D eigenvalue weighted by Crippen LogP contribution is 2.37. The van der Waals surface area contributed by atoms with E-state index in [2.05, 4.69) is 15.1 Å². The number of aromatic nitrogens is 2. The summed E-state index contributed by atoms with van der Waals surface area (Å²) in [5.41, 5.74) is 2.45. The number of nitrogens with zero attached hydrogens (tertiary/aromatic N) is 2. The van der Waals surface area contributed by atoms with Crippen molar-refractivity contribution in [3.8, 4) is 6.01 Å². The van der Waals surface area contributed by atoms with Crippen molar-refractivity contribution in [2.75, 3.05) is 0 Å². The smallest absolute Gasteiger partial charge is 0.337 e. The number of H-pyrrole nitrogens is 1. The summed E-state index contributed by atoms with van der Waals surface area (Å²) in [6, 6.07) is 21.2. The number of oxime groups is 1. The van der Waals surface area contributed by atoms with Crippen LogP contribution in [0.3, 0.4) is 0 Å². The molecule has 1 saturated heterocycles. The Balaban J connectivity index is 1.44. The first-order chi connectivity index (χ1) is 17.6. The van der Waals surface area contributed by atoms with Crippen molar-refractivity contribution in [1.29, 1.82) is 0 Å². The number of ether oxygens (including phenoxy) is 1. The van der Waals surface area contributed by atoms with Gasteiger partial charge in [0.05, 0.1) is 17.9 Å². The second kappa shape index (κ2) is 10.7. The van der Waals surface area contributed by atoms with Crippen molar-refractivity contribution in [2.45, 2.75) is 51.2 Å². The molecule has 2 aromatic heterocycles. The van der Waals surface area contributed by atoms with Gasteiger partial charge in [0.25, 0.3) is 5.56 Å². The number of aromatic amines is 1. The Morgan fingerprint density at radius 1 is 1.00 bits per heavy atom. The Morgan fingerprint density at radius 2 is 1.64 bits per heavy atom. The second-order valence-corrected chi connectivity index (χ2v) is 8.84. The molecule has 2 atom stereocenters. The van der Waals surface area contributed by atoms with Crippen LogP contribution in [0.25, 0.3) is 11.1 Å². The molecule has 5 rings (SSSR count). The first-order valence-corrected chi connectivity index (χ1v) is 12.2. The maximum atomic E-state index is 12.8. The summed E-state index contributed by atoms with van der Waals surface area (Å²) >= 11 is 0. The predicted molar refractivity (Wildman–Crippen MR) is 136 cm³/mol. The fourth-order valence-electron chi connectivity index (χ4n) is 4.45. The lowest BCUT2D eigenvalue weighted by molar-refractivity contribution is -0.0216. The molecule has 184 valence electrons. The van der Waals surface area contributed by atoms with Gasteiger partial charge in [-0.05, 0) is 29.5 Å². The molecule has 0 amide bonds. The summed E-state index contributed by atoms with van der Waals surface area (Å²) < 4.78 is 11.6. The number of rotatable bonds is 7. The second-order valence-electron chi connectivity index (χ2n) is 8.84. The molecule has 3 heterocycles. The van der Waals surface area contributed by atoms with E-state index >= 15 is 0 Å². The van der Waals surface area contributed by atoms with Crippen LogP contribution in [0.15, 0.2) is 85.9 Å². The van der Waals surface area contributed by atoms with Gasteiger partial charge in [-0.25, -0.2) is 4.79 Å². The zero-order valence-electron chi connectivity index (χ0n) is 20.0. The molecule has 1 N–H and O–H groups in total. The van der Waals surface area contributed by atoms with Crippen molar-refractivity contribution in [3.63, 3.8) is 0 Å². The number of hydrogen-bond acceptors (Lipinski definition) is 7. The van der Waals surface area contributed by atoms with Gasteiger partial charge in [0.15, 0.2) is 0 Å². The molecule has 0 spiro atoms. The fourth-order valence-corrected chi connectivity index (χ4v) is 4.45. The van der Waals surface area contributed by atoms with Crippen molar-refractivity contribution >= 4 is 16.8 Å². The monoisotopic (exact) mass is 485 g/mol. The highest BCUT2D eigenvalue weighted by Gasteiger charge is 2.29. The summed E-state index contributed by atoms with van der Waals surface area (Å²) in [7, 11) is 0. The zero-order valence-corrected chi connectivity index (χ0v) is 20.0. The van der Waals surface area contributed by atoms with E-state index in [-0.39, 0.29) is 29.3 Å². The average Bonchev–Trinajstić information content (AvgIpc) is 2.91. The SMILES string of the molecule is CCCCc1cc(=O)oc2nc(ON=C3C[C@@H](c4ccccc4)O[C@H](c4ccccc4)C3)[nH]c(=O)c12. The Bertz CT molecular complexity index is 1430. The van der Waals surface area contributed by atoms with Crippen molar-refractivity contribution in [3.05, 3.63) is 104 Å². The molecule has 0 unspecified atom stereocenters. The van der Waals surface area contributed by atoms with E-state index in [1.807, 2.05) is 67.6 Å². The molecule has 0 radical (unpaired) electrons. The van der Waals surface area contributed by atoms with Gasteiger partial charge in [-0.15, -0.1) is 0 Å². The lowest BCUT2D eigenvalue weighted by Crippen LogP contribution is -2.24. The first-order valence-electron chi connectivity index (χ1n) is 12.2. The van der Waals surface area contributed by atoms with Crippen molar-refractivity contribution in [2.24, 2.45) is 5.16 Å². The summed E-state index contributed by atoms with van der Waals surface area (Å²) in [6.07, 6.45) is 3.03. The average molecular weight is 486 g/mol. The zero-order chi connectivity index (χ0) is 24.9. The Hall–Kier alpha value is -4.04. The minimum atomic E-state index is -0.551. The Morgan fingerprint density at radius 3 is 2.25 bits per heavy atom. The molecule has 1 aliphatic rings. The molecule has 0 saturated carbocycles. The van der Waals surface area contributed by atoms with E-state index in [9.17, 15) is 9.59 Å². The van der Waals surface area contributed by atoms with E-state index in [0.29, 0.717) is 24.8 Å². The summed E-state index contributed by atoms with van der Waals surface area (Å²) in [5.74, 6) is 0. The number of fused-ring (bicyclic) bond motifs is 1. The van der Waals surface area contributed by atoms with Crippen LogP contribution in [0, 0.1) is 0 Å². The number of aryl methyl sites for hydroxylation is 1. The largest absolute Gasteiger partial charge is 0.403 e. The van der Waals surface area contributed by atoms with E-state index in [1.54, 1.807) is 0 Å². The lowest BCUT2D eigenvalue weighted by Gasteiger charge is -2.31. The molecular weight excluding hydrogens is 458 g/mol. The minimum Gasteiger partial charge on any atom is -0.403 e. The third-order valence-corrected chi connectivity index (χ3v) is 6.25. The molecule has 36 heavy (non-hydrogen) atoms. The van der Waals surface area contributed by atoms with Crippen molar-refractivity contribution < 1.29 is 14.0 Å². The quantitative estimate of drug-likeness (QED) is 0.359. The standard InChI is InChI=1S/C28H27N3O5/c1-2-3-10-20-15-24(32)35-27-25(20)26(33)29-28(30-27)36-31-21-16-22(18-11-6-4-7-12-18)34-23(17-21)19-13-8-5-9-14-19/h4-9,11-15,22-23H,2-3,10,16-17H2,1H3,(H,29,30,33)/t22-,23-/m0/s1. The van der Waals surface area contributed by atoms with E-state index in [4.69, 9.17) is 14.0 Å². The van der Waals surface area contributed by atoms with Crippen LogP contribution >= 0.6 is 0 Å². The predicted octanol–water partition coefficient (Wildman–Crippen LogP) is 5.25. The van der Waals surface area contributed by atoms with Crippen LogP contribution in [-0.2, 0) is 11.2 Å². The van der Waals surface area contributed by atoms with Crippen molar-refractivity contribution in [1.82, 2.24) is 9.97 Å². The molecule has 1 aliphatic heterocycles. The van der Waals surface area contributed by atoms with Gasteiger partial charge in [0.2, 0.25) is 5.71 Å². The van der Waals surface area contributed by atoms with Crippen LogP contribution < -0.4 is 16.0 Å². The normalized spacial score (nSPS) is 17.8. The number of benzene rings is 2. The first kappa shape index (κ1) is 23.7. The fraction of sp³-hybridized carbons (Fsp3) is 0.286. The molecule has 8 heteroatoms. The summed E-state index contributed by atoms with van der Waals surface area (Å²) in [6.45, 7) is 2.04. The van der Waals surface area contributed by atoms with Crippen LogP contribution in [0.5, 0.6) is 6.01 Å². The molecule has 4 aromatic rings. The van der Waals surface area contributed by atoms with E-state index in [0.717, 1.165) is 29.7 Å². The van der Waals surface area contributed by atoms with E-state index in [1.165, 1.54) is 6.07 Å². The molecule has 1 fully saturated rings. The highest BCUT2D eigenvalue weighted by atomic mass is 16.6. The highest BCUT2D eigenvalue weighted by molar-refractivity contribution is 5.86. The maximum absolute atomic E-state index is 12.8. The third kappa shape index (κ3) is 5.28. The van der Waals surface area contributed by atoms with Gasteiger partial charge < -0.3 is 14.0 Å². The summed E-state index contributed by atoms with van der Waals surface area (Å²) in [4.78, 5) is 37.3. The third-order valence-electron chi connectivity index (χ3n) is 6.25. The Kier molecular flexibility index (Phi) is 7.04. The van der Waals surface area contributed by atoms with Gasteiger partial charge in [0, 0.05) is 18.9 Å². The molecule has 8 nitrogen and oxygen atoms in total. The molecular formula is C28H27N3O5. The van der Waals surface area contributed by atoms with Gasteiger partial charge in [-0.3, -0.25) is 9.78 Å². The van der Waals surface area contributed by atoms with Crippen LogP contribution in [0.2, 0.25) is 0 Å².